The number of hydrogen-bond donors (Lipinski definition) is 2. The zero-order valence-electron chi connectivity index (χ0n) is 15.9. The third-order valence-corrected chi connectivity index (χ3v) is 5.86. The molecule has 2 N–H and O–H groups in total. The minimum Gasteiger partial charge on any atom is -0.477 e. The Morgan fingerprint density at radius 3 is 2.55 bits per heavy atom. The summed E-state index contributed by atoms with van der Waals surface area (Å²) in [5, 5.41) is 19.9. The standard InChI is InChI=1S/C21H22N2O6/c1-3-4-14-16(12-5-7-13(8-6-12)22-9-10-29-21(22)28)18(20(26)27)23-17(14)15(11(2)24)19(23)25/h3,5-8,11,14-15,17,24H,1,4,9-10H2,2H3,(H,26,27)/t11-,14?,15-,17-/m1/s1. The van der Waals surface area contributed by atoms with Crippen LogP contribution in [0.25, 0.3) is 5.57 Å². The molecule has 4 atom stereocenters. The summed E-state index contributed by atoms with van der Waals surface area (Å²) in [6, 6.07) is 6.58. The molecule has 1 aromatic carbocycles. The van der Waals surface area contributed by atoms with Crippen LogP contribution in [0.15, 0.2) is 42.6 Å². The van der Waals surface area contributed by atoms with Gasteiger partial charge < -0.3 is 19.8 Å². The summed E-state index contributed by atoms with van der Waals surface area (Å²) in [6.07, 6.45) is 0.894. The second-order valence-electron chi connectivity index (χ2n) is 7.48. The molecule has 2 fully saturated rings. The van der Waals surface area contributed by atoms with Gasteiger partial charge in [-0.2, -0.15) is 0 Å². The van der Waals surface area contributed by atoms with Gasteiger partial charge in [-0.15, -0.1) is 6.58 Å². The monoisotopic (exact) mass is 398 g/mol. The summed E-state index contributed by atoms with van der Waals surface area (Å²) in [4.78, 5) is 39.2. The van der Waals surface area contributed by atoms with E-state index in [1.54, 1.807) is 37.3 Å². The lowest BCUT2D eigenvalue weighted by atomic mass is 9.74. The Labute approximate surface area is 167 Å². The Kier molecular flexibility index (Phi) is 4.66. The van der Waals surface area contributed by atoms with Gasteiger partial charge in [-0.25, -0.2) is 9.59 Å². The van der Waals surface area contributed by atoms with Crippen LogP contribution in [-0.2, 0) is 14.3 Å². The van der Waals surface area contributed by atoms with E-state index in [0.29, 0.717) is 36.4 Å². The fourth-order valence-corrected chi connectivity index (χ4v) is 4.64. The van der Waals surface area contributed by atoms with Crippen LogP contribution >= 0.6 is 0 Å². The first kappa shape index (κ1) is 19.2. The number of carbonyl (C=O) groups excluding carboxylic acids is 2. The van der Waals surface area contributed by atoms with Gasteiger partial charge in [0.05, 0.1) is 24.6 Å². The number of cyclic esters (lactones) is 1. The maximum atomic E-state index is 12.6. The van der Waals surface area contributed by atoms with Crippen LogP contribution in [0.5, 0.6) is 0 Å². The van der Waals surface area contributed by atoms with E-state index in [9.17, 15) is 24.6 Å². The normalized spacial score (nSPS) is 26.9. The first-order valence-corrected chi connectivity index (χ1v) is 9.51. The van der Waals surface area contributed by atoms with Gasteiger partial charge in [-0.1, -0.05) is 18.2 Å². The zero-order chi connectivity index (χ0) is 20.9. The van der Waals surface area contributed by atoms with Crippen LogP contribution < -0.4 is 4.90 Å². The maximum Gasteiger partial charge on any atom is 0.414 e. The number of aliphatic carboxylic acids is 1. The van der Waals surface area contributed by atoms with E-state index in [1.165, 1.54) is 9.80 Å². The van der Waals surface area contributed by atoms with Gasteiger partial charge in [-0.3, -0.25) is 9.69 Å². The van der Waals surface area contributed by atoms with Crippen molar-refractivity contribution in [1.82, 2.24) is 4.90 Å². The lowest BCUT2D eigenvalue weighted by Crippen LogP contribution is -2.63. The number of anilines is 1. The first-order valence-electron chi connectivity index (χ1n) is 9.51. The van der Waals surface area contributed by atoms with E-state index in [0.717, 1.165) is 0 Å². The quantitative estimate of drug-likeness (QED) is 0.559. The van der Waals surface area contributed by atoms with Crippen molar-refractivity contribution in [1.29, 1.82) is 0 Å². The summed E-state index contributed by atoms with van der Waals surface area (Å²) in [6.45, 7) is 6.11. The summed E-state index contributed by atoms with van der Waals surface area (Å²) in [7, 11) is 0. The number of hydrogen-bond acceptors (Lipinski definition) is 5. The number of β-lactam (4-membered cyclic amide) rings is 1. The molecule has 0 aromatic heterocycles. The Bertz CT molecular complexity index is 920. The summed E-state index contributed by atoms with van der Waals surface area (Å²) in [5.41, 5.74) is 1.83. The van der Waals surface area contributed by atoms with Gasteiger partial charge in [-0.05, 0) is 36.6 Å². The molecule has 152 valence electrons. The number of amides is 2. The maximum absolute atomic E-state index is 12.6. The van der Waals surface area contributed by atoms with Crippen molar-refractivity contribution in [3.63, 3.8) is 0 Å². The molecule has 0 bridgehead atoms. The average molecular weight is 398 g/mol. The molecule has 4 rings (SSSR count). The number of benzene rings is 1. The second-order valence-corrected chi connectivity index (χ2v) is 7.48. The van der Waals surface area contributed by atoms with E-state index >= 15 is 0 Å². The lowest BCUT2D eigenvalue weighted by molar-refractivity contribution is -0.163. The molecule has 2 saturated heterocycles. The highest BCUT2D eigenvalue weighted by Crippen LogP contribution is 2.52. The van der Waals surface area contributed by atoms with Gasteiger partial charge in [0.1, 0.15) is 12.3 Å². The van der Waals surface area contributed by atoms with Crippen molar-refractivity contribution >= 4 is 29.2 Å². The van der Waals surface area contributed by atoms with Crippen LogP contribution in [0.4, 0.5) is 10.5 Å². The molecule has 3 aliphatic heterocycles. The summed E-state index contributed by atoms with van der Waals surface area (Å²) >= 11 is 0. The van der Waals surface area contributed by atoms with Gasteiger partial charge in [0, 0.05) is 11.6 Å². The number of ether oxygens (including phenoxy) is 1. The van der Waals surface area contributed by atoms with E-state index in [-0.39, 0.29) is 17.5 Å². The molecule has 29 heavy (non-hydrogen) atoms. The predicted molar refractivity (Wildman–Crippen MR) is 104 cm³/mol. The molecule has 3 aliphatic rings. The fourth-order valence-electron chi connectivity index (χ4n) is 4.64. The first-order chi connectivity index (χ1) is 13.9. The fraction of sp³-hybridized carbons (Fsp3) is 0.381. The third-order valence-electron chi connectivity index (χ3n) is 5.86. The van der Waals surface area contributed by atoms with Crippen LogP contribution in [-0.4, -0.2) is 58.4 Å². The number of allylic oxidation sites excluding steroid dienone is 1. The Balaban J connectivity index is 1.75. The zero-order valence-corrected chi connectivity index (χ0v) is 15.9. The highest BCUT2D eigenvalue weighted by molar-refractivity contribution is 6.06. The Morgan fingerprint density at radius 1 is 1.34 bits per heavy atom. The number of fused-ring (bicyclic) bond motifs is 1. The van der Waals surface area contributed by atoms with Gasteiger partial charge >= 0.3 is 12.1 Å². The van der Waals surface area contributed by atoms with Crippen molar-refractivity contribution in [2.75, 3.05) is 18.1 Å². The highest BCUT2D eigenvalue weighted by Gasteiger charge is 2.60. The molecule has 8 heteroatoms. The Morgan fingerprint density at radius 2 is 2.03 bits per heavy atom. The molecule has 0 aliphatic carbocycles. The number of carboxylic acids is 1. The molecule has 0 spiro atoms. The van der Waals surface area contributed by atoms with Crippen molar-refractivity contribution in [2.24, 2.45) is 11.8 Å². The van der Waals surface area contributed by atoms with Crippen molar-refractivity contribution < 1.29 is 29.3 Å². The van der Waals surface area contributed by atoms with Crippen LogP contribution in [0.2, 0.25) is 0 Å². The third kappa shape index (κ3) is 2.82. The van der Waals surface area contributed by atoms with Gasteiger partial charge in [0.15, 0.2) is 0 Å². The molecular formula is C21H22N2O6. The van der Waals surface area contributed by atoms with Crippen LogP contribution in [0.3, 0.4) is 0 Å². The molecule has 2 amide bonds. The summed E-state index contributed by atoms with van der Waals surface area (Å²) in [5.74, 6) is -2.46. The number of carboxylic acid groups (broad SMARTS) is 1. The van der Waals surface area contributed by atoms with Gasteiger partial charge in [0.2, 0.25) is 5.91 Å². The van der Waals surface area contributed by atoms with Crippen molar-refractivity contribution in [3.8, 4) is 0 Å². The van der Waals surface area contributed by atoms with Crippen molar-refractivity contribution in [2.45, 2.75) is 25.5 Å². The average Bonchev–Trinajstić information content (AvgIpc) is 3.21. The predicted octanol–water partition coefficient (Wildman–Crippen LogP) is 1.85. The van der Waals surface area contributed by atoms with E-state index in [4.69, 9.17) is 4.74 Å². The molecular weight excluding hydrogens is 376 g/mol. The number of nitrogens with zero attached hydrogens (tertiary/aromatic N) is 2. The van der Waals surface area contributed by atoms with Gasteiger partial charge in [0.25, 0.3) is 0 Å². The summed E-state index contributed by atoms with van der Waals surface area (Å²) < 4.78 is 4.95. The molecule has 1 aromatic rings. The number of rotatable bonds is 6. The van der Waals surface area contributed by atoms with E-state index in [1.807, 2.05) is 0 Å². The molecule has 3 heterocycles. The molecule has 1 unspecified atom stereocenters. The number of aliphatic hydroxyl groups excluding tert-OH is 1. The van der Waals surface area contributed by atoms with E-state index in [2.05, 4.69) is 6.58 Å². The van der Waals surface area contributed by atoms with Crippen LogP contribution in [0, 0.1) is 11.8 Å². The highest BCUT2D eigenvalue weighted by atomic mass is 16.6. The molecule has 8 nitrogen and oxygen atoms in total. The Hall–Kier alpha value is -3.13. The SMILES string of the molecule is C=CCC1C(c2ccc(N3CCOC3=O)cc2)=C(C(=O)O)N2C(=O)[C@H]([C@@H](C)O)[C@@H]12. The van der Waals surface area contributed by atoms with E-state index < -0.39 is 30.1 Å². The topological polar surface area (TPSA) is 107 Å². The van der Waals surface area contributed by atoms with Crippen molar-refractivity contribution in [3.05, 3.63) is 48.2 Å². The van der Waals surface area contributed by atoms with Crippen LogP contribution in [0.1, 0.15) is 18.9 Å². The molecule has 0 saturated carbocycles. The molecule has 0 radical (unpaired) electrons. The minimum atomic E-state index is -1.18. The number of aliphatic hydroxyl groups is 1. The smallest absolute Gasteiger partial charge is 0.414 e. The second kappa shape index (κ2) is 7.04. The number of carbonyl (C=O) groups is 3. The largest absolute Gasteiger partial charge is 0.477 e. The lowest BCUT2D eigenvalue weighted by Gasteiger charge is -2.47. The minimum absolute atomic E-state index is 0.0444.